The van der Waals surface area contributed by atoms with Crippen LogP contribution in [-0.2, 0) is 16.6 Å². The van der Waals surface area contributed by atoms with Crippen LogP contribution in [0.25, 0.3) is 0 Å². The molecule has 0 aromatic carbocycles. The zero-order valence-electron chi connectivity index (χ0n) is 12.2. The fourth-order valence-electron chi connectivity index (χ4n) is 1.69. The zero-order chi connectivity index (χ0) is 16.3. The average molecular weight is 379 g/mol. The molecule has 0 bridgehead atoms. The van der Waals surface area contributed by atoms with E-state index in [0.29, 0.717) is 23.2 Å². The summed E-state index contributed by atoms with van der Waals surface area (Å²) in [6, 6.07) is 0. The number of hydrogen-bond donors (Lipinski definition) is 2. The maximum Gasteiger partial charge on any atom is 0.283 e. The monoisotopic (exact) mass is 378 g/mol. The van der Waals surface area contributed by atoms with Crippen LogP contribution < -0.4 is 15.6 Å². The molecule has 1 aromatic heterocycles. The minimum Gasteiger partial charge on any atom is -0.381 e. The highest BCUT2D eigenvalue weighted by Gasteiger charge is 2.22. The van der Waals surface area contributed by atoms with Crippen molar-refractivity contribution < 1.29 is 8.42 Å². The van der Waals surface area contributed by atoms with E-state index in [0.717, 1.165) is 6.26 Å². The molecule has 0 amide bonds. The number of aromatic nitrogens is 2. The van der Waals surface area contributed by atoms with Crippen molar-refractivity contribution in [2.75, 3.05) is 18.1 Å². The van der Waals surface area contributed by atoms with E-state index in [1.807, 2.05) is 0 Å². The summed E-state index contributed by atoms with van der Waals surface area (Å²) in [5, 5.41) is 7.02. The predicted molar refractivity (Wildman–Crippen MR) is 86.9 cm³/mol. The highest BCUT2D eigenvalue weighted by Crippen LogP contribution is 2.17. The molecule has 2 N–H and O–H groups in total. The Labute approximate surface area is 132 Å². The minimum absolute atomic E-state index is 0.284. The summed E-state index contributed by atoms with van der Waals surface area (Å²) in [5.41, 5.74) is -0.485. The largest absolute Gasteiger partial charge is 0.381 e. The second-order valence-electron chi connectivity index (χ2n) is 5.26. The van der Waals surface area contributed by atoms with Gasteiger partial charge in [0.2, 0.25) is 10.0 Å². The Morgan fingerprint density at radius 3 is 2.67 bits per heavy atom. The topological polar surface area (TPSA) is 93.1 Å². The fraction of sp³-hybridized carbons (Fsp3) is 0.500. The molecule has 0 aliphatic rings. The first-order valence-corrected chi connectivity index (χ1v) is 8.83. The molecule has 1 heterocycles. The van der Waals surface area contributed by atoms with Crippen molar-refractivity contribution in [1.29, 1.82) is 0 Å². The lowest BCUT2D eigenvalue weighted by Gasteiger charge is -2.26. The molecule has 0 fully saturated rings. The average Bonchev–Trinajstić information content (AvgIpc) is 2.31. The lowest BCUT2D eigenvalue weighted by atomic mass is 10.1. The summed E-state index contributed by atoms with van der Waals surface area (Å²) in [4.78, 5) is 12.0. The lowest BCUT2D eigenvalue weighted by Crippen LogP contribution is -2.47. The van der Waals surface area contributed by atoms with Gasteiger partial charge in [-0.15, -0.1) is 6.58 Å². The third-order valence-corrected chi connectivity index (χ3v) is 4.16. The van der Waals surface area contributed by atoms with E-state index in [9.17, 15) is 13.2 Å². The van der Waals surface area contributed by atoms with Crippen LogP contribution in [0, 0.1) is 0 Å². The molecule has 9 heteroatoms. The molecule has 0 saturated heterocycles. The van der Waals surface area contributed by atoms with Gasteiger partial charge in [0.25, 0.3) is 5.56 Å². The molecule has 1 rings (SSSR count). The number of sulfonamides is 1. The number of nitrogens with zero attached hydrogens (tertiary/aromatic N) is 2. The number of halogens is 1. The lowest BCUT2D eigenvalue weighted by molar-refractivity contribution is 0.476. The van der Waals surface area contributed by atoms with Crippen LogP contribution in [0.2, 0.25) is 0 Å². The van der Waals surface area contributed by atoms with Gasteiger partial charge in [0.05, 0.1) is 24.7 Å². The van der Waals surface area contributed by atoms with E-state index < -0.39 is 15.6 Å². The van der Waals surface area contributed by atoms with Crippen molar-refractivity contribution in [2.24, 2.45) is 0 Å². The van der Waals surface area contributed by atoms with Gasteiger partial charge < -0.3 is 5.32 Å². The van der Waals surface area contributed by atoms with Crippen LogP contribution in [-0.4, -0.2) is 36.5 Å². The number of nitrogens with one attached hydrogen (secondary N) is 2. The third kappa shape index (κ3) is 5.60. The van der Waals surface area contributed by atoms with Crippen LogP contribution in [0.4, 0.5) is 5.69 Å². The van der Waals surface area contributed by atoms with Crippen molar-refractivity contribution >= 4 is 31.6 Å². The highest BCUT2D eigenvalue weighted by molar-refractivity contribution is 9.10. The molecule has 7 nitrogen and oxygen atoms in total. The van der Waals surface area contributed by atoms with E-state index in [4.69, 9.17) is 0 Å². The van der Waals surface area contributed by atoms with Crippen molar-refractivity contribution in [3.05, 3.63) is 33.7 Å². The van der Waals surface area contributed by atoms with Crippen molar-refractivity contribution in [3.8, 4) is 0 Å². The standard InChI is InChI=1S/C12H19BrN4O3S/c1-5-6-17-11(18)10(13)9(7-15-17)14-8-12(2,3)16-21(4,19)20/h5,7,14,16H,1,6,8H2,2-4H3. The molecule has 0 unspecified atom stereocenters. The quantitative estimate of drug-likeness (QED) is 0.688. The summed E-state index contributed by atoms with van der Waals surface area (Å²) in [6.07, 6.45) is 4.18. The molecular formula is C12H19BrN4O3S. The maximum atomic E-state index is 12.0. The summed E-state index contributed by atoms with van der Waals surface area (Å²) in [7, 11) is -3.31. The molecular weight excluding hydrogens is 360 g/mol. The number of hydrogen-bond acceptors (Lipinski definition) is 5. The van der Waals surface area contributed by atoms with Crippen LogP contribution in [0.5, 0.6) is 0 Å². The summed E-state index contributed by atoms with van der Waals surface area (Å²) < 4.78 is 26.7. The minimum atomic E-state index is -3.31. The van der Waals surface area contributed by atoms with Gasteiger partial charge >= 0.3 is 0 Å². The van der Waals surface area contributed by atoms with Gasteiger partial charge in [0, 0.05) is 12.1 Å². The summed E-state index contributed by atoms with van der Waals surface area (Å²) >= 11 is 3.22. The third-order valence-electron chi connectivity index (χ3n) is 2.47. The Kier molecular flexibility index (Phi) is 5.71. The molecule has 0 radical (unpaired) electrons. The van der Waals surface area contributed by atoms with Crippen LogP contribution in [0.3, 0.4) is 0 Å². The predicted octanol–water partition coefficient (Wildman–Crippen LogP) is 0.932. The Morgan fingerprint density at radius 1 is 1.52 bits per heavy atom. The Bertz CT molecular complexity index is 682. The second kappa shape index (κ2) is 6.71. The van der Waals surface area contributed by atoms with Crippen molar-refractivity contribution in [2.45, 2.75) is 25.9 Å². The zero-order valence-corrected chi connectivity index (χ0v) is 14.6. The summed E-state index contributed by atoms with van der Waals surface area (Å²) in [5.74, 6) is 0. The maximum absolute atomic E-state index is 12.0. The summed E-state index contributed by atoms with van der Waals surface area (Å²) in [6.45, 7) is 7.65. The molecule has 0 atom stereocenters. The molecule has 118 valence electrons. The number of allylic oxidation sites excluding steroid dienone is 1. The highest BCUT2D eigenvalue weighted by atomic mass is 79.9. The van der Waals surface area contributed by atoms with E-state index >= 15 is 0 Å². The van der Waals surface area contributed by atoms with Gasteiger partial charge in [-0.25, -0.2) is 17.8 Å². The second-order valence-corrected chi connectivity index (χ2v) is 7.80. The van der Waals surface area contributed by atoms with E-state index in [1.165, 1.54) is 10.9 Å². The van der Waals surface area contributed by atoms with E-state index in [2.05, 4.69) is 37.6 Å². The first-order valence-electron chi connectivity index (χ1n) is 6.15. The molecule has 0 aliphatic heterocycles. The Balaban J connectivity index is 2.88. The van der Waals surface area contributed by atoms with Gasteiger partial charge in [0.15, 0.2) is 0 Å². The molecule has 0 spiro atoms. The molecule has 1 aromatic rings. The van der Waals surface area contributed by atoms with E-state index in [-0.39, 0.29) is 5.56 Å². The fourth-order valence-corrected chi connectivity index (χ4v) is 3.22. The normalized spacial score (nSPS) is 12.2. The van der Waals surface area contributed by atoms with Gasteiger partial charge in [-0.1, -0.05) is 6.08 Å². The van der Waals surface area contributed by atoms with Gasteiger partial charge in [-0.2, -0.15) is 5.10 Å². The Hall–Kier alpha value is -1.19. The number of rotatable bonds is 7. The first kappa shape index (κ1) is 17.9. The van der Waals surface area contributed by atoms with Crippen LogP contribution >= 0.6 is 15.9 Å². The van der Waals surface area contributed by atoms with Crippen LogP contribution in [0.1, 0.15) is 13.8 Å². The molecule has 0 aliphatic carbocycles. The first-order chi connectivity index (χ1) is 9.56. The molecule has 0 saturated carbocycles. The van der Waals surface area contributed by atoms with Gasteiger partial charge in [-0.05, 0) is 29.8 Å². The van der Waals surface area contributed by atoms with Crippen molar-refractivity contribution in [3.63, 3.8) is 0 Å². The number of anilines is 1. The van der Waals surface area contributed by atoms with Crippen LogP contribution in [0.15, 0.2) is 28.1 Å². The van der Waals surface area contributed by atoms with Crippen molar-refractivity contribution in [1.82, 2.24) is 14.5 Å². The SMILES string of the molecule is C=CCn1ncc(NCC(C)(C)NS(C)(=O)=O)c(Br)c1=O. The molecule has 21 heavy (non-hydrogen) atoms. The van der Waals surface area contributed by atoms with E-state index in [1.54, 1.807) is 19.9 Å². The van der Waals surface area contributed by atoms with Gasteiger partial charge in [0.1, 0.15) is 4.47 Å². The van der Waals surface area contributed by atoms with Gasteiger partial charge in [-0.3, -0.25) is 4.79 Å². The smallest absolute Gasteiger partial charge is 0.283 e. The Morgan fingerprint density at radius 2 is 2.14 bits per heavy atom.